The van der Waals surface area contributed by atoms with Crippen LogP contribution in [-0.2, 0) is 5.41 Å². The third-order valence-corrected chi connectivity index (χ3v) is 3.22. The SMILES string of the molecule is CC1(C)CN(c2ncnc(Cl)n2)c2cccnc21. The van der Waals surface area contributed by atoms with Crippen LogP contribution in [0.1, 0.15) is 19.5 Å². The van der Waals surface area contributed by atoms with Gasteiger partial charge in [-0.2, -0.15) is 4.98 Å². The van der Waals surface area contributed by atoms with E-state index in [9.17, 15) is 0 Å². The standard InChI is InChI=1S/C12H12ClN5/c1-12(2)6-18(8-4-3-5-14-9(8)12)11-16-7-15-10(13)17-11/h3-5,7H,6H2,1-2H3. The minimum Gasteiger partial charge on any atom is -0.308 e. The van der Waals surface area contributed by atoms with Crippen LogP contribution in [0.3, 0.4) is 0 Å². The van der Waals surface area contributed by atoms with E-state index < -0.39 is 0 Å². The van der Waals surface area contributed by atoms with E-state index in [4.69, 9.17) is 11.6 Å². The summed E-state index contributed by atoms with van der Waals surface area (Å²) in [7, 11) is 0. The largest absolute Gasteiger partial charge is 0.308 e. The zero-order chi connectivity index (χ0) is 12.8. The molecule has 3 rings (SSSR count). The lowest BCUT2D eigenvalue weighted by Gasteiger charge is -2.19. The minimum absolute atomic E-state index is 0.0320. The number of rotatable bonds is 1. The second kappa shape index (κ2) is 3.88. The number of anilines is 2. The monoisotopic (exact) mass is 261 g/mol. The van der Waals surface area contributed by atoms with Crippen molar-refractivity contribution in [2.75, 3.05) is 11.4 Å². The summed E-state index contributed by atoms with van der Waals surface area (Å²) in [5.41, 5.74) is 2.06. The highest BCUT2D eigenvalue weighted by Gasteiger charge is 2.38. The maximum absolute atomic E-state index is 5.82. The Kier molecular flexibility index (Phi) is 2.45. The summed E-state index contributed by atoms with van der Waals surface area (Å²) in [5, 5.41) is 0.204. The smallest absolute Gasteiger partial charge is 0.234 e. The van der Waals surface area contributed by atoms with Gasteiger partial charge in [-0.1, -0.05) is 13.8 Å². The van der Waals surface area contributed by atoms with Gasteiger partial charge in [-0.3, -0.25) is 4.98 Å². The van der Waals surface area contributed by atoms with Gasteiger partial charge in [0.1, 0.15) is 6.33 Å². The number of fused-ring (bicyclic) bond motifs is 1. The molecule has 1 aliphatic rings. The van der Waals surface area contributed by atoms with Gasteiger partial charge in [0.05, 0.1) is 11.4 Å². The van der Waals surface area contributed by atoms with Crippen molar-refractivity contribution in [3.8, 4) is 0 Å². The number of aromatic nitrogens is 4. The highest BCUT2D eigenvalue weighted by Crippen LogP contribution is 2.41. The van der Waals surface area contributed by atoms with Crippen molar-refractivity contribution in [1.29, 1.82) is 0 Å². The molecule has 0 aliphatic carbocycles. The number of nitrogens with zero attached hydrogens (tertiary/aromatic N) is 5. The second-order valence-electron chi connectivity index (χ2n) is 4.90. The third kappa shape index (κ3) is 1.71. The summed E-state index contributed by atoms with van der Waals surface area (Å²) in [6, 6.07) is 3.94. The highest BCUT2D eigenvalue weighted by molar-refractivity contribution is 6.28. The predicted octanol–water partition coefficient (Wildman–Crippen LogP) is 2.35. The van der Waals surface area contributed by atoms with Crippen molar-refractivity contribution < 1.29 is 0 Å². The Morgan fingerprint density at radius 3 is 2.89 bits per heavy atom. The van der Waals surface area contributed by atoms with Crippen molar-refractivity contribution in [3.63, 3.8) is 0 Å². The Morgan fingerprint density at radius 2 is 2.11 bits per heavy atom. The average molecular weight is 262 g/mol. The fraction of sp³-hybridized carbons (Fsp3) is 0.333. The lowest BCUT2D eigenvalue weighted by molar-refractivity contribution is 0.551. The number of pyridine rings is 1. The fourth-order valence-corrected chi connectivity index (χ4v) is 2.39. The molecule has 2 aromatic rings. The van der Waals surface area contributed by atoms with Crippen LogP contribution < -0.4 is 4.90 Å². The fourth-order valence-electron chi connectivity index (χ4n) is 2.27. The van der Waals surface area contributed by atoms with Crippen LogP contribution >= 0.6 is 11.6 Å². The summed E-state index contributed by atoms with van der Waals surface area (Å²) in [6.45, 7) is 5.09. The van der Waals surface area contributed by atoms with Crippen molar-refractivity contribution in [2.45, 2.75) is 19.3 Å². The van der Waals surface area contributed by atoms with Crippen LogP contribution in [0.15, 0.2) is 24.7 Å². The lowest BCUT2D eigenvalue weighted by atomic mass is 9.91. The second-order valence-corrected chi connectivity index (χ2v) is 5.23. The first kappa shape index (κ1) is 11.3. The molecule has 92 valence electrons. The van der Waals surface area contributed by atoms with Crippen molar-refractivity contribution in [1.82, 2.24) is 19.9 Å². The number of hydrogen-bond donors (Lipinski definition) is 0. The molecular weight excluding hydrogens is 250 g/mol. The molecule has 2 aromatic heterocycles. The Morgan fingerprint density at radius 1 is 1.28 bits per heavy atom. The van der Waals surface area contributed by atoms with Crippen LogP contribution in [0.4, 0.5) is 11.6 Å². The van der Waals surface area contributed by atoms with E-state index >= 15 is 0 Å². The zero-order valence-electron chi connectivity index (χ0n) is 10.1. The summed E-state index contributed by atoms with van der Waals surface area (Å²) in [5.74, 6) is 0.565. The summed E-state index contributed by atoms with van der Waals surface area (Å²) in [6.07, 6.45) is 3.23. The van der Waals surface area contributed by atoms with Crippen molar-refractivity contribution >= 4 is 23.2 Å². The van der Waals surface area contributed by atoms with E-state index in [-0.39, 0.29) is 10.7 Å². The van der Waals surface area contributed by atoms with Crippen LogP contribution in [0.5, 0.6) is 0 Å². The molecule has 0 fully saturated rings. The molecule has 1 aliphatic heterocycles. The molecule has 0 radical (unpaired) electrons. The first-order valence-electron chi connectivity index (χ1n) is 5.65. The highest BCUT2D eigenvalue weighted by atomic mass is 35.5. The molecule has 0 bridgehead atoms. The van der Waals surface area contributed by atoms with Gasteiger partial charge in [-0.25, -0.2) is 9.97 Å². The molecule has 0 aromatic carbocycles. The molecular formula is C12H12ClN5. The number of halogens is 1. The van der Waals surface area contributed by atoms with E-state index in [1.807, 2.05) is 23.2 Å². The van der Waals surface area contributed by atoms with Gasteiger partial charge in [0.2, 0.25) is 11.2 Å². The third-order valence-electron chi connectivity index (χ3n) is 3.04. The van der Waals surface area contributed by atoms with E-state index in [0.29, 0.717) is 5.95 Å². The summed E-state index contributed by atoms with van der Waals surface area (Å²) >= 11 is 5.82. The van der Waals surface area contributed by atoms with E-state index in [2.05, 4.69) is 33.8 Å². The van der Waals surface area contributed by atoms with E-state index in [1.54, 1.807) is 0 Å². The molecule has 0 unspecified atom stereocenters. The van der Waals surface area contributed by atoms with E-state index in [1.165, 1.54) is 6.33 Å². The number of hydrogen-bond acceptors (Lipinski definition) is 5. The van der Waals surface area contributed by atoms with Gasteiger partial charge < -0.3 is 4.90 Å². The van der Waals surface area contributed by atoms with Crippen molar-refractivity contribution in [3.05, 3.63) is 35.6 Å². The Bertz CT molecular complexity index is 599. The van der Waals surface area contributed by atoms with Gasteiger partial charge in [0, 0.05) is 18.2 Å². The van der Waals surface area contributed by atoms with Gasteiger partial charge >= 0.3 is 0 Å². The molecule has 0 saturated carbocycles. The normalized spacial score (nSPS) is 16.7. The minimum atomic E-state index is -0.0320. The van der Waals surface area contributed by atoms with Gasteiger partial charge in [-0.15, -0.1) is 0 Å². The first-order valence-corrected chi connectivity index (χ1v) is 6.03. The predicted molar refractivity (Wildman–Crippen MR) is 69.1 cm³/mol. The lowest BCUT2D eigenvalue weighted by Crippen LogP contribution is -2.26. The molecule has 0 N–H and O–H groups in total. The average Bonchev–Trinajstić information content (AvgIpc) is 2.63. The Balaban J connectivity index is 2.11. The van der Waals surface area contributed by atoms with E-state index in [0.717, 1.165) is 17.9 Å². The summed E-state index contributed by atoms with van der Waals surface area (Å²) in [4.78, 5) is 18.6. The maximum Gasteiger partial charge on any atom is 0.234 e. The molecule has 3 heterocycles. The van der Waals surface area contributed by atoms with Crippen LogP contribution in [0.25, 0.3) is 0 Å². The Hall–Kier alpha value is -1.75. The summed E-state index contributed by atoms with van der Waals surface area (Å²) < 4.78 is 0. The molecule has 0 atom stereocenters. The molecule has 0 spiro atoms. The maximum atomic E-state index is 5.82. The molecule has 0 saturated heterocycles. The first-order chi connectivity index (χ1) is 8.58. The van der Waals surface area contributed by atoms with Crippen molar-refractivity contribution in [2.24, 2.45) is 0 Å². The molecule has 6 heteroatoms. The molecule has 0 amide bonds. The van der Waals surface area contributed by atoms with Crippen LogP contribution in [0, 0.1) is 0 Å². The van der Waals surface area contributed by atoms with Crippen LogP contribution in [0.2, 0.25) is 5.28 Å². The quantitative estimate of drug-likeness (QED) is 0.789. The molecule has 5 nitrogen and oxygen atoms in total. The Labute approximate surface area is 110 Å². The van der Waals surface area contributed by atoms with Gasteiger partial charge in [-0.05, 0) is 23.7 Å². The molecule has 18 heavy (non-hydrogen) atoms. The zero-order valence-corrected chi connectivity index (χ0v) is 10.9. The van der Waals surface area contributed by atoms with Crippen LogP contribution in [-0.4, -0.2) is 26.5 Å². The van der Waals surface area contributed by atoms with Gasteiger partial charge in [0.25, 0.3) is 0 Å². The van der Waals surface area contributed by atoms with Gasteiger partial charge in [0.15, 0.2) is 0 Å². The topological polar surface area (TPSA) is 54.8 Å².